The van der Waals surface area contributed by atoms with Crippen molar-refractivity contribution in [2.45, 2.75) is 57.0 Å². The molecule has 2 heterocycles. The minimum absolute atomic E-state index is 0.0911. The number of likely N-dealkylation sites (tertiary alicyclic amines) is 1. The number of hydrogen-bond donors (Lipinski definition) is 1. The zero-order valence-electron chi connectivity index (χ0n) is 14.3. The number of rotatable bonds is 2. The van der Waals surface area contributed by atoms with E-state index in [0.717, 1.165) is 45.4 Å². The van der Waals surface area contributed by atoms with Crippen LogP contribution in [0.2, 0.25) is 0 Å². The molecule has 1 aromatic rings. The predicted octanol–water partition coefficient (Wildman–Crippen LogP) is 3.53. The molecule has 2 aliphatic rings. The first-order valence-corrected chi connectivity index (χ1v) is 8.77. The van der Waals surface area contributed by atoms with Crippen molar-refractivity contribution in [1.29, 1.82) is 0 Å². The van der Waals surface area contributed by atoms with E-state index in [1.807, 2.05) is 4.90 Å². The molecule has 0 spiro atoms. The van der Waals surface area contributed by atoms with E-state index in [1.54, 1.807) is 0 Å². The molecule has 1 N–H and O–H groups in total. The fourth-order valence-corrected chi connectivity index (χ4v) is 3.88. The Hall–Kier alpha value is -1.55. The van der Waals surface area contributed by atoms with Crippen LogP contribution in [0.3, 0.4) is 0 Å². The molecular weight excluding hydrogens is 288 g/mol. The summed E-state index contributed by atoms with van der Waals surface area (Å²) in [5.74, 6) is 0.540. The van der Waals surface area contributed by atoms with Crippen molar-refractivity contribution in [3.63, 3.8) is 0 Å². The molecular formula is C19H28N2O2. The predicted molar refractivity (Wildman–Crippen MR) is 91.6 cm³/mol. The van der Waals surface area contributed by atoms with E-state index in [-0.39, 0.29) is 17.6 Å². The summed E-state index contributed by atoms with van der Waals surface area (Å²) in [6, 6.07) is 11.0. The molecule has 126 valence electrons. The molecule has 0 bridgehead atoms. The molecule has 4 heteroatoms. The van der Waals surface area contributed by atoms with Crippen LogP contribution >= 0.6 is 0 Å². The highest BCUT2D eigenvalue weighted by Crippen LogP contribution is 2.37. The van der Waals surface area contributed by atoms with E-state index >= 15 is 0 Å². The van der Waals surface area contributed by atoms with Gasteiger partial charge >= 0.3 is 6.03 Å². The largest absolute Gasteiger partial charge is 0.381 e. The first-order chi connectivity index (χ1) is 11.1. The molecule has 3 rings (SSSR count). The fraction of sp³-hybridized carbons (Fsp3) is 0.632. The van der Waals surface area contributed by atoms with E-state index < -0.39 is 0 Å². The summed E-state index contributed by atoms with van der Waals surface area (Å²) in [5.41, 5.74) is 1.28. The number of carbonyl (C=O) groups is 1. The van der Waals surface area contributed by atoms with Crippen molar-refractivity contribution in [3.05, 3.63) is 35.9 Å². The molecule has 0 radical (unpaired) electrons. The van der Waals surface area contributed by atoms with Crippen LogP contribution in [0, 0.1) is 0 Å². The molecule has 23 heavy (non-hydrogen) atoms. The SMILES string of the molecule is CC1(C)CC(c2ccccc2)CCN1C(=O)NC1CCOCC1. The molecule has 2 aliphatic heterocycles. The summed E-state index contributed by atoms with van der Waals surface area (Å²) in [7, 11) is 0. The number of amides is 2. The summed E-state index contributed by atoms with van der Waals surface area (Å²) >= 11 is 0. The summed E-state index contributed by atoms with van der Waals surface area (Å²) in [6.07, 6.45) is 3.89. The zero-order chi connectivity index (χ0) is 16.3. The summed E-state index contributed by atoms with van der Waals surface area (Å²) in [5, 5.41) is 3.21. The first-order valence-electron chi connectivity index (χ1n) is 8.77. The van der Waals surface area contributed by atoms with Crippen LogP contribution in [0.15, 0.2) is 30.3 Å². The van der Waals surface area contributed by atoms with Gasteiger partial charge in [-0.3, -0.25) is 0 Å². The van der Waals surface area contributed by atoms with Crippen molar-refractivity contribution in [3.8, 4) is 0 Å². The number of nitrogens with zero attached hydrogens (tertiary/aromatic N) is 1. The summed E-state index contributed by atoms with van der Waals surface area (Å²) in [4.78, 5) is 14.7. The molecule has 1 unspecified atom stereocenters. The van der Waals surface area contributed by atoms with Crippen molar-refractivity contribution < 1.29 is 9.53 Å². The highest BCUT2D eigenvalue weighted by atomic mass is 16.5. The van der Waals surface area contributed by atoms with Gasteiger partial charge in [-0.05, 0) is 51.0 Å². The van der Waals surface area contributed by atoms with Crippen LogP contribution in [0.4, 0.5) is 4.79 Å². The smallest absolute Gasteiger partial charge is 0.318 e. The summed E-state index contributed by atoms with van der Waals surface area (Å²) < 4.78 is 5.37. The topological polar surface area (TPSA) is 41.6 Å². The second-order valence-electron chi connectivity index (χ2n) is 7.40. The Labute approximate surface area is 139 Å². The van der Waals surface area contributed by atoms with E-state index in [1.165, 1.54) is 5.56 Å². The molecule has 4 nitrogen and oxygen atoms in total. The number of hydrogen-bond acceptors (Lipinski definition) is 2. The number of ether oxygens (including phenoxy) is 1. The zero-order valence-corrected chi connectivity index (χ0v) is 14.3. The molecule has 2 amide bonds. The van der Waals surface area contributed by atoms with Crippen LogP contribution in [-0.2, 0) is 4.74 Å². The van der Waals surface area contributed by atoms with Gasteiger partial charge < -0.3 is 15.0 Å². The van der Waals surface area contributed by atoms with E-state index in [4.69, 9.17) is 4.74 Å². The van der Waals surface area contributed by atoms with Gasteiger partial charge in [-0.15, -0.1) is 0 Å². The lowest BCUT2D eigenvalue weighted by atomic mass is 9.79. The van der Waals surface area contributed by atoms with E-state index in [9.17, 15) is 4.79 Å². The molecule has 0 saturated carbocycles. The Kier molecular flexibility index (Phi) is 4.90. The van der Waals surface area contributed by atoms with Crippen LogP contribution in [-0.4, -0.2) is 42.3 Å². The van der Waals surface area contributed by atoms with Crippen molar-refractivity contribution in [1.82, 2.24) is 10.2 Å². The molecule has 2 saturated heterocycles. The second-order valence-corrected chi connectivity index (χ2v) is 7.40. The molecule has 1 aromatic carbocycles. The van der Waals surface area contributed by atoms with Gasteiger partial charge in [0.15, 0.2) is 0 Å². The van der Waals surface area contributed by atoms with Gasteiger partial charge in [0.05, 0.1) is 0 Å². The molecule has 0 aromatic heterocycles. The number of urea groups is 1. The average molecular weight is 316 g/mol. The third kappa shape index (κ3) is 3.86. The highest BCUT2D eigenvalue weighted by Gasteiger charge is 2.38. The Balaban J connectivity index is 1.62. The Morgan fingerprint density at radius 3 is 2.52 bits per heavy atom. The minimum Gasteiger partial charge on any atom is -0.381 e. The maximum absolute atomic E-state index is 12.7. The van der Waals surface area contributed by atoms with Gasteiger partial charge in [-0.25, -0.2) is 4.79 Å². The van der Waals surface area contributed by atoms with Gasteiger partial charge in [0, 0.05) is 31.3 Å². The number of nitrogens with one attached hydrogen (secondary N) is 1. The monoisotopic (exact) mass is 316 g/mol. The Bertz CT molecular complexity index is 523. The van der Waals surface area contributed by atoms with E-state index in [0.29, 0.717) is 5.92 Å². The lowest BCUT2D eigenvalue weighted by Crippen LogP contribution is -2.57. The average Bonchev–Trinajstić information content (AvgIpc) is 2.55. The highest BCUT2D eigenvalue weighted by molar-refractivity contribution is 5.75. The van der Waals surface area contributed by atoms with Gasteiger partial charge in [-0.2, -0.15) is 0 Å². The number of piperidine rings is 1. The van der Waals surface area contributed by atoms with Crippen LogP contribution in [0.5, 0.6) is 0 Å². The van der Waals surface area contributed by atoms with Crippen molar-refractivity contribution >= 4 is 6.03 Å². The maximum Gasteiger partial charge on any atom is 0.318 e. The normalized spacial score (nSPS) is 25.1. The Morgan fingerprint density at radius 2 is 1.87 bits per heavy atom. The third-order valence-electron chi connectivity index (χ3n) is 5.24. The molecule has 2 fully saturated rings. The van der Waals surface area contributed by atoms with E-state index in [2.05, 4.69) is 49.5 Å². The number of carbonyl (C=O) groups excluding carboxylic acids is 1. The Morgan fingerprint density at radius 1 is 1.17 bits per heavy atom. The fourth-order valence-electron chi connectivity index (χ4n) is 3.88. The van der Waals surface area contributed by atoms with Gasteiger partial charge in [0.1, 0.15) is 0 Å². The molecule has 1 atom stereocenters. The number of benzene rings is 1. The lowest BCUT2D eigenvalue weighted by Gasteiger charge is -2.46. The second kappa shape index (κ2) is 6.91. The lowest BCUT2D eigenvalue weighted by molar-refractivity contribution is 0.0664. The van der Waals surface area contributed by atoms with Crippen LogP contribution in [0.25, 0.3) is 0 Å². The quantitative estimate of drug-likeness (QED) is 0.907. The van der Waals surface area contributed by atoms with Crippen molar-refractivity contribution in [2.75, 3.05) is 19.8 Å². The maximum atomic E-state index is 12.7. The van der Waals surface area contributed by atoms with Gasteiger partial charge in [0.25, 0.3) is 0 Å². The van der Waals surface area contributed by atoms with Gasteiger partial charge in [-0.1, -0.05) is 30.3 Å². The van der Waals surface area contributed by atoms with Gasteiger partial charge in [0.2, 0.25) is 0 Å². The minimum atomic E-state index is -0.117. The summed E-state index contributed by atoms with van der Waals surface area (Å²) in [6.45, 7) is 6.70. The van der Waals surface area contributed by atoms with Crippen molar-refractivity contribution in [2.24, 2.45) is 0 Å². The van der Waals surface area contributed by atoms with Crippen LogP contribution in [0.1, 0.15) is 51.0 Å². The molecule has 0 aliphatic carbocycles. The van der Waals surface area contributed by atoms with Crippen LogP contribution < -0.4 is 5.32 Å². The standard InChI is InChI=1S/C19H28N2O2/c1-19(2)14-16(15-6-4-3-5-7-15)8-11-21(19)18(22)20-17-9-12-23-13-10-17/h3-7,16-17H,8-14H2,1-2H3,(H,20,22). The third-order valence-corrected chi connectivity index (χ3v) is 5.24. The first kappa shape index (κ1) is 16.3.